The molecule has 0 aliphatic rings. The maximum Gasteiger partial charge on any atom is 0.341 e. The lowest BCUT2D eigenvalue weighted by atomic mass is 10.1. The Hall–Kier alpha value is -1.85. The number of carbonyl (C=O) groups is 2. The molecule has 2 rings (SSSR count). The first-order valence-electron chi connectivity index (χ1n) is 7.24. The minimum atomic E-state index is -0.421. The summed E-state index contributed by atoms with van der Waals surface area (Å²) in [6.07, 6.45) is 0. The molecule has 0 saturated heterocycles. The standard InChI is InChI=1S/C17H18ClNO3S/c1-4-22-17(21)14-10(2)15(11(3)20)23-16(14)19-9-12-7-5-6-8-13(12)18/h5-8,19H,4,9H2,1-3H3. The quantitative estimate of drug-likeness (QED) is 0.605. The third-order valence-electron chi connectivity index (χ3n) is 3.34. The van der Waals surface area contributed by atoms with Crippen LogP contribution in [0.2, 0.25) is 5.02 Å². The molecule has 0 unspecified atom stereocenters. The van der Waals surface area contributed by atoms with Crippen LogP contribution in [-0.2, 0) is 11.3 Å². The molecule has 0 amide bonds. The molecule has 0 aliphatic heterocycles. The predicted octanol–water partition coefficient (Wildman–Crippen LogP) is 4.70. The van der Waals surface area contributed by atoms with Crippen LogP contribution in [0, 0.1) is 6.92 Å². The highest BCUT2D eigenvalue weighted by Gasteiger charge is 2.24. The van der Waals surface area contributed by atoms with Crippen molar-refractivity contribution in [2.24, 2.45) is 0 Å². The van der Waals surface area contributed by atoms with E-state index in [0.29, 0.717) is 32.6 Å². The number of Topliss-reactive ketones (excluding diaryl/α,β-unsaturated/α-hetero) is 1. The summed E-state index contributed by atoms with van der Waals surface area (Å²) >= 11 is 7.42. The number of esters is 1. The molecule has 23 heavy (non-hydrogen) atoms. The average molecular weight is 352 g/mol. The van der Waals surface area contributed by atoms with Crippen molar-refractivity contribution in [1.29, 1.82) is 0 Å². The van der Waals surface area contributed by atoms with E-state index in [1.807, 2.05) is 24.3 Å². The topological polar surface area (TPSA) is 55.4 Å². The Morgan fingerprint density at radius 3 is 2.61 bits per heavy atom. The maximum absolute atomic E-state index is 12.2. The van der Waals surface area contributed by atoms with Crippen molar-refractivity contribution in [3.8, 4) is 0 Å². The van der Waals surface area contributed by atoms with E-state index in [0.717, 1.165) is 5.56 Å². The van der Waals surface area contributed by atoms with Gasteiger partial charge in [-0.2, -0.15) is 0 Å². The van der Waals surface area contributed by atoms with Gasteiger partial charge in [-0.15, -0.1) is 11.3 Å². The SMILES string of the molecule is CCOC(=O)c1c(NCc2ccccc2Cl)sc(C(C)=O)c1C. The summed E-state index contributed by atoms with van der Waals surface area (Å²) in [5.74, 6) is -0.487. The van der Waals surface area contributed by atoms with Crippen LogP contribution in [0.15, 0.2) is 24.3 Å². The number of benzene rings is 1. The van der Waals surface area contributed by atoms with Gasteiger partial charge in [0.2, 0.25) is 0 Å². The van der Waals surface area contributed by atoms with Crippen molar-refractivity contribution in [2.75, 3.05) is 11.9 Å². The van der Waals surface area contributed by atoms with E-state index in [1.165, 1.54) is 18.3 Å². The molecule has 6 heteroatoms. The van der Waals surface area contributed by atoms with E-state index < -0.39 is 5.97 Å². The summed E-state index contributed by atoms with van der Waals surface area (Å²) in [5, 5.41) is 4.49. The molecule has 2 aromatic rings. The van der Waals surface area contributed by atoms with Crippen molar-refractivity contribution >= 4 is 39.7 Å². The van der Waals surface area contributed by atoms with Gasteiger partial charge in [-0.3, -0.25) is 4.79 Å². The molecule has 1 aromatic heterocycles. The molecule has 1 heterocycles. The average Bonchev–Trinajstić information content (AvgIpc) is 2.83. The van der Waals surface area contributed by atoms with Gasteiger partial charge in [0, 0.05) is 11.6 Å². The van der Waals surface area contributed by atoms with Crippen LogP contribution in [0.1, 0.15) is 45.0 Å². The zero-order chi connectivity index (χ0) is 17.0. The lowest BCUT2D eigenvalue weighted by Gasteiger charge is -2.09. The molecule has 0 aliphatic carbocycles. The van der Waals surface area contributed by atoms with Crippen LogP contribution in [0.25, 0.3) is 0 Å². The first-order chi connectivity index (χ1) is 11.0. The van der Waals surface area contributed by atoms with E-state index >= 15 is 0 Å². The van der Waals surface area contributed by atoms with Gasteiger partial charge in [-0.25, -0.2) is 4.79 Å². The molecule has 0 fully saturated rings. The fourth-order valence-electron chi connectivity index (χ4n) is 2.24. The smallest absolute Gasteiger partial charge is 0.341 e. The molecule has 0 saturated carbocycles. The van der Waals surface area contributed by atoms with E-state index in [9.17, 15) is 9.59 Å². The zero-order valence-electron chi connectivity index (χ0n) is 13.2. The molecule has 1 aromatic carbocycles. The van der Waals surface area contributed by atoms with Gasteiger partial charge in [-0.1, -0.05) is 29.8 Å². The lowest BCUT2D eigenvalue weighted by molar-refractivity contribution is 0.0527. The minimum absolute atomic E-state index is 0.0659. The number of anilines is 1. The lowest BCUT2D eigenvalue weighted by Crippen LogP contribution is -2.09. The van der Waals surface area contributed by atoms with E-state index in [1.54, 1.807) is 13.8 Å². The van der Waals surface area contributed by atoms with Gasteiger partial charge in [0.25, 0.3) is 0 Å². The summed E-state index contributed by atoms with van der Waals surface area (Å²) in [5.41, 5.74) is 2.00. The largest absolute Gasteiger partial charge is 0.462 e. The van der Waals surface area contributed by atoms with Crippen molar-refractivity contribution in [3.05, 3.63) is 50.9 Å². The number of ether oxygens (including phenoxy) is 1. The van der Waals surface area contributed by atoms with Crippen LogP contribution < -0.4 is 5.32 Å². The fourth-order valence-corrected chi connectivity index (χ4v) is 3.53. The second-order valence-corrected chi connectivity index (χ2v) is 6.41. The van der Waals surface area contributed by atoms with Crippen molar-refractivity contribution < 1.29 is 14.3 Å². The summed E-state index contributed by atoms with van der Waals surface area (Å²) in [6, 6.07) is 7.48. The zero-order valence-corrected chi connectivity index (χ0v) is 14.8. The van der Waals surface area contributed by atoms with Gasteiger partial charge in [0.05, 0.1) is 17.0 Å². The number of halogens is 1. The molecule has 0 bridgehead atoms. The van der Waals surface area contributed by atoms with E-state index in [-0.39, 0.29) is 12.4 Å². The molecule has 0 atom stereocenters. The van der Waals surface area contributed by atoms with Crippen LogP contribution in [0.4, 0.5) is 5.00 Å². The number of carbonyl (C=O) groups excluding carboxylic acids is 2. The van der Waals surface area contributed by atoms with Gasteiger partial charge < -0.3 is 10.1 Å². The number of hydrogen-bond donors (Lipinski definition) is 1. The Balaban J connectivity index is 2.33. The predicted molar refractivity (Wildman–Crippen MR) is 93.8 cm³/mol. The van der Waals surface area contributed by atoms with Crippen LogP contribution in [0.5, 0.6) is 0 Å². The van der Waals surface area contributed by atoms with Crippen molar-refractivity contribution in [3.63, 3.8) is 0 Å². The number of nitrogens with one attached hydrogen (secondary N) is 1. The Morgan fingerprint density at radius 1 is 1.30 bits per heavy atom. The third-order valence-corrected chi connectivity index (χ3v) is 5.06. The highest BCUT2D eigenvalue weighted by Crippen LogP contribution is 2.34. The Kier molecular flexibility index (Phi) is 5.80. The number of hydrogen-bond acceptors (Lipinski definition) is 5. The molecular weight excluding hydrogens is 334 g/mol. The van der Waals surface area contributed by atoms with Gasteiger partial charge in [-0.05, 0) is 38.0 Å². The highest BCUT2D eigenvalue weighted by molar-refractivity contribution is 7.18. The number of thiophene rings is 1. The Labute approximate surface area is 144 Å². The summed E-state index contributed by atoms with van der Waals surface area (Å²) < 4.78 is 5.11. The molecular formula is C17H18ClNO3S. The van der Waals surface area contributed by atoms with Crippen molar-refractivity contribution in [1.82, 2.24) is 0 Å². The normalized spacial score (nSPS) is 10.4. The van der Waals surface area contributed by atoms with Gasteiger partial charge in [0.15, 0.2) is 5.78 Å². The second kappa shape index (κ2) is 7.62. The molecule has 1 N–H and O–H groups in total. The fraction of sp³-hybridized carbons (Fsp3) is 0.294. The molecule has 0 spiro atoms. The number of rotatable bonds is 6. The first-order valence-corrected chi connectivity index (χ1v) is 8.43. The third kappa shape index (κ3) is 3.92. The van der Waals surface area contributed by atoms with Crippen LogP contribution >= 0.6 is 22.9 Å². The summed E-state index contributed by atoms with van der Waals surface area (Å²) in [4.78, 5) is 24.5. The molecule has 0 radical (unpaired) electrons. The first kappa shape index (κ1) is 17.5. The highest BCUT2D eigenvalue weighted by atomic mass is 35.5. The maximum atomic E-state index is 12.2. The molecule has 4 nitrogen and oxygen atoms in total. The Bertz CT molecular complexity index is 739. The van der Waals surface area contributed by atoms with Crippen LogP contribution in [-0.4, -0.2) is 18.4 Å². The van der Waals surface area contributed by atoms with Crippen molar-refractivity contribution in [2.45, 2.75) is 27.3 Å². The van der Waals surface area contributed by atoms with E-state index in [2.05, 4.69) is 5.32 Å². The second-order valence-electron chi connectivity index (χ2n) is 4.98. The summed E-state index contributed by atoms with van der Waals surface area (Å²) in [7, 11) is 0. The minimum Gasteiger partial charge on any atom is -0.462 e. The van der Waals surface area contributed by atoms with Gasteiger partial charge in [0.1, 0.15) is 5.00 Å². The monoisotopic (exact) mass is 351 g/mol. The number of ketones is 1. The van der Waals surface area contributed by atoms with E-state index in [4.69, 9.17) is 16.3 Å². The summed E-state index contributed by atoms with van der Waals surface area (Å²) in [6.45, 7) is 5.75. The van der Waals surface area contributed by atoms with Crippen LogP contribution in [0.3, 0.4) is 0 Å². The molecule has 122 valence electrons. The Morgan fingerprint density at radius 2 is 2.00 bits per heavy atom. The van der Waals surface area contributed by atoms with Gasteiger partial charge >= 0.3 is 5.97 Å².